The molecule has 1 saturated heterocycles. The first kappa shape index (κ1) is 17.1. The highest BCUT2D eigenvalue weighted by Gasteiger charge is 2.20. The van der Waals surface area contributed by atoms with Gasteiger partial charge >= 0.3 is 0 Å². The van der Waals surface area contributed by atoms with E-state index in [1.807, 2.05) is 0 Å². The molecular weight excluding hydrogens is 299 g/mol. The van der Waals surface area contributed by atoms with Crippen LogP contribution >= 0.6 is 24.0 Å². The standard InChI is InChI=1S/C14H19ClN2O2.ClH/c1-10(19-13-6-2-4-11(15)8-13)14(18)17-12-5-3-7-16-9-12;/h2,4,6,8,10,12,16H,3,5,7,9H2,1H3,(H,17,18);1H. The van der Waals surface area contributed by atoms with Gasteiger partial charge in [0.25, 0.3) is 5.91 Å². The minimum Gasteiger partial charge on any atom is -0.481 e. The first-order valence-electron chi connectivity index (χ1n) is 6.58. The van der Waals surface area contributed by atoms with Gasteiger partial charge in [-0.05, 0) is 44.5 Å². The van der Waals surface area contributed by atoms with Crippen LogP contribution in [0.3, 0.4) is 0 Å². The minimum atomic E-state index is -0.527. The molecule has 112 valence electrons. The van der Waals surface area contributed by atoms with E-state index in [0.717, 1.165) is 25.9 Å². The molecule has 2 atom stereocenters. The number of ether oxygens (including phenoxy) is 1. The van der Waals surface area contributed by atoms with E-state index < -0.39 is 6.10 Å². The molecular formula is C14H20Cl2N2O2. The molecule has 1 heterocycles. The van der Waals surface area contributed by atoms with E-state index in [-0.39, 0.29) is 24.4 Å². The van der Waals surface area contributed by atoms with E-state index in [0.29, 0.717) is 10.8 Å². The molecule has 2 unspecified atom stereocenters. The second-order valence-electron chi connectivity index (χ2n) is 4.77. The lowest BCUT2D eigenvalue weighted by atomic mass is 10.1. The third kappa shape index (κ3) is 5.19. The number of halogens is 2. The molecule has 4 nitrogen and oxygen atoms in total. The van der Waals surface area contributed by atoms with Crippen LogP contribution in [-0.4, -0.2) is 31.1 Å². The van der Waals surface area contributed by atoms with Crippen molar-refractivity contribution in [3.05, 3.63) is 29.3 Å². The van der Waals surface area contributed by atoms with E-state index in [4.69, 9.17) is 16.3 Å². The molecule has 2 rings (SSSR count). The van der Waals surface area contributed by atoms with Crippen LogP contribution in [0.5, 0.6) is 5.75 Å². The Morgan fingerprint density at radius 2 is 2.35 bits per heavy atom. The zero-order chi connectivity index (χ0) is 13.7. The third-order valence-electron chi connectivity index (χ3n) is 3.12. The summed E-state index contributed by atoms with van der Waals surface area (Å²) < 4.78 is 5.58. The largest absolute Gasteiger partial charge is 0.481 e. The Balaban J connectivity index is 0.00000200. The fourth-order valence-corrected chi connectivity index (χ4v) is 2.27. The Morgan fingerprint density at radius 3 is 3.00 bits per heavy atom. The lowest BCUT2D eigenvalue weighted by Gasteiger charge is -2.25. The highest BCUT2D eigenvalue weighted by Crippen LogP contribution is 2.18. The van der Waals surface area contributed by atoms with Crippen LogP contribution in [0.4, 0.5) is 0 Å². The molecule has 1 fully saturated rings. The van der Waals surface area contributed by atoms with Crippen molar-refractivity contribution >= 4 is 29.9 Å². The number of carbonyl (C=O) groups is 1. The predicted octanol–water partition coefficient (Wildman–Crippen LogP) is 2.40. The average molecular weight is 319 g/mol. The predicted molar refractivity (Wildman–Crippen MR) is 82.8 cm³/mol. The summed E-state index contributed by atoms with van der Waals surface area (Å²) in [6.45, 7) is 3.60. The lowest BCUT2D eigenvalue weighted by molar-refractivity contribution is -0.128. The van der Waals surface area contributed by atoms with E-state index in [1.165, 1.54) is 0 Å². The first-order chi connectivity index (χ1) is 9.15. The Hall–Kier alpha value is -0.970. The zero-order valence-corrected chi connectivity index (χ0v) is 13.0. The van der Waals surface area contributed by atoms with E-state index >= 15 is 0 Å². The fraction of sp³-hybridized carbons (Fsp3) is 0.500. The van der Waals surface area contributed by atoms with Crippen molar-refractivity contribution in [2.45, 2.75) is 31.9 Å². The van der Waals surface area contributed by atoms with Crippen molar-refractivity contribution in [2.75, 3.05) is 13.1 Å². The van der Waals surface area contributed by atoms with Crippen LogP contribution in [0, 0.1) is 0 Å². The average Bonchev–Trinajstić information content (AvgIpc) is 2.40. The van der Waals surface area contributed by atoms with Gasteiger partial charge in [-0.15, -0.1) is 12.4 Å². The molecule has 0 bridgehead atoms. The van der Waals surface area contributed by atoms with Crippen molar-refractivity contribution in [1.82, 2.24) is 10.6 Å². The van der Waals surface area contributed by atoms with Gasteiger partial charge in [0.05, 0.1) is 0 Å². The summed E-state index contributed by atoms with van der Waals surface area (Å²) in [6.07, 6.45) is 1.58. The van der Waals surface area contributed by atoms with Crippen LogP contribution < -0.4 is 15.4 Å². The van der Waals surface area contributed by atoms with Crippen molar-refractivity contribution in [2.24, 2.45) is 0 Å². The number of nitrogens with one attached hydrogen (secondary N) is 2. The Morgan fingerprint density at radius 1 is 1.55 bits per heavy atom. The van der Waals surface area contributed by atoms with Crippen LogP contribution in [0.2, 0.25) is 5.02 Å². The molecule has 1 aromatic rings. The van der Waals surface area contributed by atoms with Gasteiger partial charge in [0.15, 0.2) is 6.10 Å². The van der Waals surface area contributed by atoms with Crippen molar-refractivity contribution in [3.63, 3.8) is 0 Å². The maximum absolute atomic E-state index is 12.0. The molecule has 1 aliphatic rings. The van der Waals surface area contributed by atoms with Crippen LogP contribution in [0.15, 0.2) is 24.3 Å². The smallest absolute Gasteiger partial charge is 0.261 e. The number of hydrogen-bond donors (Lipinski definition) is 2. The number of carbonyl (C=O) groups excluding carboxylic acids is 1. The molecule has 1 aromatic carbocycles. The van der Waals surface area contributed by atoms with Gasteiger partial charge in [-0.2, -0.15) is 0 Å². The molecule has 0 aromatic heterocycles. The molecule has 0 spiro atoms. The highest BCUT2D eigenvalue weighted by molar-refractivity contribution is 6.30. The topological polar surface area (TPSA) is 50.4 Å². The first-order valence-corrected chi connectivity index (χ1v) is 6.96. The summed E-state index contributed by atoms with van der Waals surface area (Å²) in [5.41, 5.74) is 0. The van der Waals surface area contributed by atoms with E-state index in [2.05, 4.69) is 10.6 Å². The monoisotopic (exact) mass is 318 g/mol. The summed E-state index contributed by atoms with van der Waals surface area (Å²) in [6, 6.07) is 7.26. The summed E-state index contributed by atoms with van der Waals surface area (Å²) in [7, 11) is 0. The number of hydrogen-bond acceptors (Lipinski definition) is 3. The molecule has 0 radical (unpaired) electrons. The van der Waals surface area contributed by atoms with Crippen molar-refractivity contribution in [1.29, 1.82) is 0 Å². The van der Waals surface area contributed by atoms with Gasteiger partial charge in [0.1, 0.15) is 5.75 Å². The Bertz CT molecular complexity index is 437. The normalized spacial score (nSPS) is 19.6. The van der Waals surface area contributed by atoms with E-state index in [1.54, 1.807) is 31.2 Å². The van der Waals surface area contributed by atoms with Gasteiger partial charge in [-0.25, -0.2) is 0 Å². The molecule has 6 heteroatoms. The minimum absolute atomic E-state index is 0. The molecule has 0 saturated carbocycles. The van der Waals surface area contributed by atoms with E-state index in [9.17, 15) is 4.79 Å². The Kier molecular flexibility index (Phi) is 7.13. The number of piperidine rings is 1. The maximum Gasteiger partial charge on any atom is 0.261 e. The number of rotatable bonds is 4. The molecule has 1 aliphatic heterocycles. The summed E-state index contributed by atoms with van der Waals surface area (Å²) in [4.78, 5) is 12.0. The van der Waals surface area contributed by atoms with Crippen molar-refractivity contribution < 1.29 is 9.53 Å². The Labute approximate surface area is 130 Å². The zero-order valence-electron chi connectivity index (χ0n) is 11.4. The molecule has 20 heavy (non-hydrogen) atoms. The summed E-state index contributed by atoms with van der Waals surface area (Å²) in [5, 5.41) is 6.86. The van der Waals surface area contributed by atoms with Crippen molar-refractivity contribution in [3.8, 4) is 5.75 Å². The second kappa shape index (κ2) is 8.35. The van der Waals surface area contributed by atoms with Gasteiger partial charge in [-0.1, -0.05) is 17.7 Å². The second-order valence-corrected chi connectivity index (χ2v) is 5.21. The maximum atomic E-state index is 12.0. The molecule has 0 aliphatic carbocycles. The summed E-state index contributed by atoms with van der Waals surface area (Å²) >= 11 is 5.87. The van der Waals surface area contributed by atoms with Crippen LogP contribution in [0.25, 0.3) is 0 Å². The van der Waals surface area contributed by atoms with Gasteiger partial charge in [-0.3, -0.25) is 4.79 Å². The molecule has 1 amide bonds. The third-order valence-corrected chi connectivity index (χ3v) is 3.36. The fourth-order valence-electron chi connectivity index (χ4n) is 2.09. The SMILES string of the molecule is CC(Oc1cccc(Cl)c1)C(=O)NC1CCCNC1.Cl. The quantitative estimate of drug-likeness (QED) is 0.896. The van der Waals surface area contributed by atoms with Gasteiger partial charge in [0, 0.05) is 17.6 Å². The van der Waals surface area contributed by atoms with Crippen LogP contribution in [0.1, 0.15) is 19.8 Å². The highest BCUT2D eigenvalue weighted by atomic mass is 35.5. The lowest BCUT2D eigenvalue weighted by Crippen LogP contribution is -2.49. The summed E-state index contributed by atoms with van der Waals surface area (Å²) in [5.74, 6) is 0.519. The van der Waals surface area contributed by atoms with Gasteiger partial charge < -0.3 is 15.4 Å². The van der Waals surface area contributed by atoms with Gasteiger partial charge in [0.2, 0.25) is 0 Å². The molecule has 2 N–H and O–H groups in total. The number of benzene rings is 1. The number of amides is 1. The van der Waals surface area contributed by atoms with Crippen LogP contribution in [-0.2, 0) is 4.79 Å².